The van der Waals surface area contributed by atoms with Crippen LogP contribution < -0.4 is 10.1 Å². The van der Waals surface area contributed by atoms with Crippen LogP contribution in [0.1, 0.15) is 37.5 Å². The molecule has 0 aliphatic carbocycles. The highest BCUT2D eigenvalue weighted by Gasteiger charge is 2.06. The van der Waals surface area contributed by atoms with E-state index in [1.807, 2.05) is 6.92 Å². The van der Waals surface area contributed by atoms with Gasteiger partial charge in [-0.3, -0.25) is 0 Å². The first-order chi connectivity index (χ1) is 8.90. The number of ether oxygens (including phenoxy) is 1. The van der Waals surface area contributed by atoms with E-state index in [0.29, 0.717) is 12.5 Å². The molecule has 0 saturated heterocycles. The van der Waals surface area contributed by atoms with Crippen LogP contribution in [0.15, 0.2) is 24.3 Å². The standard InChI is InChI=1S/C17H27NO/c1-12(2)9-18-10-16-7-14(5)17(15(6)8-16)19-11-13(3)4/h7-8,12,18H,3,9-11H2,1-2,4-6H3. The van der Waals surface area contributed by atoms with Crippen LogP contribution in [0.5, 0.6) is 5.75 Å². The molecule has 1 rings (SSSR count). The van der Waals surface area contributed by atoms with Gasteiger partial charge in [-0.15, -0.1) is 0 Å². The summed E-state index contributed by atoms with van der Waals surface area (Å²) in [6, 6.07) is 4.40. The predicted molar refractivity (Wildman–Crippen MR) is 82.8 cm³/mol. The molecule has 0 bridgehead atoms. The van der Waals surface area contributed by atoms with E-state index < -0.39 is 0 Å². The average molecular weight is 261 g/mol. The molecule has 2 nitrogen and oxygen atoms in total. The Kier molecular flexibility index (Phi) is 6.10. The van der Waals surface area contributed by atoms with Crippen molar-refractivity contribution in [3.8, 4) is 5.75 Å². The maximum Gasteiger partial charge on any atom is 0.125 e. The van der Waals surface area contributed by atoms with Crippen molar-refractivity contribution < 1.29 is 4.74 Å². The minimum Gasteiger partial charge on any atom is -0.489 e. The van der Waals surface area contributed by atoms with Crippen molar-refractivity contribution in [1.29, 1.82) is 0 Å². The summed E-state index contributed by atoms with van der Waals surface area (Å²) in [7, 11) is 0. The first-order valence-corrected chi connectivity index (χ1v) is 6.98. The van der Waals surface area contributed by atoms with E-state index in [1.54, 1.807) is 0 Å². The lowest BCUT2D eigenvalue weighted by atomic mass is 10.1. The Morgan fingerprint density at radius 3 is 2.32 bits per heavy atom. The van der Waals surface area contributed by atoms with E-state index in [4.69, 9.17) is 4.74 Å². The van der Waals surface area contributed by atoms with E-state index in [9.17, 15) is 0 Å². The summed E-state index contributed by atoms with van der Waals surface area (Å²) in [5.41, 5.74) is 4.75. The molecule has 0 radical (unpaired) electrons. The Bertz CT molecular complexity index is 412. The minimum absolute atomic E-state index is 0.590. The molecular formula is C17H27NO. The van der Waals surface area contributed by atoms with E-state index >= 15 is 0 Å². The molecule has 0 heterocycles. The van der Waals surface area contributed by atoms with Crippen molar-refractivity contribution in [3.63, 3.8) is 0 Å². The zero-order valence-corrected chi connectivity index (χ0v) is 13.0. The molecule has 106 valence electrons. The van der Waals surface area contributed by atoms with Crippen LogP contribution in [0, 0.1) is 19.8 Å². The summed E-state index contributed by atoms with van der Waals surface area (Å²) in [6.07, 6.45) is 0. The van der Waals surface area contributed by atoms with Gasteiger partial charge in [-0.25, -0.2) is 0 Å². The van der Waals surface area contributed by atoms with E-state index in [2.05, 4.69) is 51.7 Å². The molecule has 0 fully saturated rings. The van der Waals surface area contributed by atoms with Crippen molar-refractivity contribution in [2.75, 3.05) is 13.2 Å². The SMILES string of the molecule is C=C(C)COc1c(C)cc(CNCC(C)C)cc1C. The molecule has 19 heavy (non-hydrogen) atoms. The molecule has 0 amide bonds. The quantitative estimate of drug-likeness (QED) is 0.749. The highest BCUT2D eigenvalue weighted by atomic mass is 16.5. The molecule has 0 saturated carbocycles. The van der Waals surface area contributed by atoms with Crippen molar-refractivity contribution in [1.82, 2.24) is 5.32 Å². The normalized spacial score (nSPS) is 10.8. The molecule has 1 aromatic carbocycles. The lowest BCUT2D eigenvalue weighted by Crippen LogP contribution is -2.19. The average Bonchev–Trinajstić information content (AvgIpc) is 2.26. The molecule has 0 spiro atoms. The Morgan fingerprint density at radius 1 is 1.26 bits per heavy atom. The number of aryl methyl sites for hydroxylation is 2. The highest BCUT2D eigenvalue weighted by Crippen LogP contribution is 2.25. The molecule has 0 aromatic heterocycles. The topological polar surface area (TPSA) is 21.3 Å². The second kappa shape index (κ2) is 7.34. The molecule has 1 aromatic rings. The Hall–Kier alpha value is -1.28. The van der Waals surface area contributed by atoms with Crippen LogP contribution in [0.4, 0.5) is 0 Å². The monoisotopic (exact) mass is 261 g/mol. The summed E-state index contributed by atoms with van der Waals surface area (Å²) in [5, 5.41) is 3.47. The third kappa shape index (κ3) is 5.48. The summed E-state index contributed by atoms with van der Waals surface area (Å²) < 4.78 is 5.81. The van der Waals surface area contributed by atoms with Gasteiger partial charge in [0.1, 0.15) is 12.4 Å². The van der Waals surface area contributed by atoms with Crippen molar-refractivity contribution >= 4 is 0 Å². The van der Waals surface area contributed by atoms with Crippen LogP contribution in [0.25, 0.3) is 0 Å². The number of hydrogen-bond acceptors (Lipinski definition) is 2. The molecule has 0 atom stereocenters. The van der Waals surface area contributed by atoms with Gasteiger partial charge in [-0.1, -0.05) is 32.6 Å². The first kappa shape index (κ1) is 15.8. The second-order valence-electron chi connectivity index (χ2n) is 5.83. The van der Waals surface area contributed by atoms with Gasteiger partial charge in [0.2, 0.25) is 0 Å². The number of hydrogen-bond donors (Lipinski definition) is 1. The fourth-order valence-corrected chi connectivity index (χ4v) is 2.07. The third-order valence-corrected chi connectivity index (χ3v) is 2.86. The largest absolute Gasteiger partial charge is 0.489 e. The zero-order chi connectivity index (χ0) is 14.4. The number of benzene rings is 1. The molecule has 0 aliphatic rings. The number of rotatable bonds is 7. The van der Waals surface area contributed by atoms with Crippen molar-refractivity contribution in [2.45, 2.75) is 41.2 Å². The lowest BCUT2D eigenvalue weighted by molar-refractivity contribution is 0.347. The summed E-state index contributed by atoms with van der Waals surface area (Å²) >= 11 is 0. The van der Waals surface area contributed by atoms with E-state index in [-0.39, 0.29) is 0 Å². The molecule has 0 unspecified atom stereocenters. The van der Waals surface area contributed by atoms with Crippen LogP contribution >= 0.6 is 0 Å². The highest BCUT2D eigenvalue weighted by molar-refractivity contribution is 5.43. The van der Waals surface area contributed by atoms with Crippen molar-refractivity contribution in [3.05, 3.63) is 41.0 Å². The molecule has 0 aliphatic heterocycles. The second-order valence-corrected chi connectivity index (χ2v) is 5.83. The van der Waals surface area contributed by atoms with Gasteiger partial charge in [-0.05, 0) is 55.5 Å². The summed E-state index contributed by atoms with van der Waals surface area (Å²) in [5.74, 6) is 1.68. The van der Waals surface area contributed by atoms with Gasteiger partial charge in [-0.2, -0.15) is 0 Å². The molecule has 2 heteroatoms. The van der Waals surface area contributed by atoms with E-state index in [0.717, 1.165) is 24.4 Å². The van der Waals surface area contributed by atoms with Crippen LogP contribution in [-0.2, 0) is 6.54 Å². The van der Waals surface area contributed by atoms with Crippen molar-refractivity contribution in [2.24, 2.45) is 5.92 Å². The first-order valence-electron chi connectivity index (χ1n) is 6.98. The molecular weight excluding hydrogens is 234 g/mol. The van der Waals surface area contributed by atoms with Gasteiger partial charge >= 0.3 is 0 Å². The summed E-state index contributed by atoms with van der Waals surface area (Å²) in [6.45, 7) is 17.1. The van der Waals surface area contributed by atoms with Gasteiger partial charge in [0.15, 0.2) is 0 Å². The van der Waals surface area contributed by atoms with Crippen LogP contribution in [0.3, 0.4) is 0 Å². The maximum absolute atomic E-state index is 5.81. The molecule has 1 N–H and O–H groups in total. The fraction of sp³-hybridized carbons (Fsp3) is 0.529. The Morgan fingerprint density at radius 2 is 1.84 bits per heavy atom. The third-order valence-electron chi connectivity index (χ3n) is 2.86. The van der Waals surface area contributed by atoms with Gasteiger partial charge < -0.3 is 10.1 Å². The van der Waals surface area contributed by atoms with Crippen LogP contribution in [-0.4, -0.2) is 13.2 Å². The van der Waals surface area contributed by atoms with Gasteiger partial charge in [0.05, 0.1) is 0 Å². The van der Waals surface area contributed by atoms with Gasteiger partial charge in [0.25, 0.3) is 0 Å². The fourth-order valence-electron chi connectivity index (χ4n) is 2.07. The summed E-state index contributed by atoms with van der Waals surface area (Å²) in [4.78, 5) is 0. The Balaban J connectivity index is 2.70. The zero-order valence-electron chi connectivity index (χ0n) is 13.0. The maximum atomic E-state index is 5.81. The van der Waals surface area contributed by atoms with E-state index in [1.165, 1.54) is 16.7 Å². The minimum atomic E-state index is 0.590. The smallest absolute Gasteiger partial charge is 0.125 e. The predicted octanol–water partition coefficient (Wildman–Crippen LogP) is 4.00. The Labute approximate surface area is 117 Å². The van der Waals surface area contributed by atoms with Gasteiger partial charge in [0, 0.05) is 6.54 Å². The lowest BCUT2D eigenvalue weighted by Gasteiger charge is -2.15. The number of nitrogens with one attached hydrogen (secondary N) is 1. The van der Waals surface area contributed by atoms with Crippen LogP contribution in [0.2, 0.25) is 0 Å².